The normalized spacial score (nSPS) is 19.7. The van der Waals surface area contributed by atoms with Gasteiger partial charge in [-0.25, -0.2) is 5.43 Å². The predicted octanol–water partition coefficient (Wildman–Crippen LogP) is 3.24. The Kier molecular flexibility index (Phi) is 4.46. The highest BCUT2D eigenvalue weighted by molar-refractivity contribution is 5.81. The zero-order valence-corrected chi connectivity index (χ0v) is 13.3. The molecule has 1 aromatic carbocycles. The van der Waals surface area contributed by atoms with E-state index in [4.69, 9.17) is 9.15 Å². The summed E-state index contributed by atoms with van der Waals surface area (Å²) in [5.74, 6) is 3.22. The van der Waals surface area contributed by atoms with Crippen molar-refractivity contribution in [3.63, 3.8) is 0 Å². The minimum atomic E-state index is -0.314. The summed E-state index contributed by atoms with van der Waals surface area (Å²) in [6.45, 7) is 4.09. The number of hydrazone groups is 1. The second-order valence-electron chi connectivity index (χ2n) is 5.96. The number of benzene rings is 1. The SMILES string of the molecule is Cc1cccc(OCC(=O)N/N=C\c2ccc([C@@H]3C[C@H]3C)o2)c1. The highest BCUT2D eigenvalue weighted by atomic mass is 16.5. The standard InChI is InChI=1S/C18H20N2O3/c1-12-4-3-5-14(8-12)22-11-18(21)20-19-10-15-6-7-17(23-15)16-9-13(16)2/h3-8,10,13,16H,9,11H2,1-2H3,(H,20,21)/b19-10-/t13-,16-/m1/s1. The van der Waals surface area contributed by atoms with E-state index in [0.717, 1.165) is 11.3 Å². The van der Waals surface area contributed by atoms with Crippen LogP contribution in [0.5, 0.6) is 5.75 Å². The van der Waals surface area contributed by atoms with Gasteiger partial charge in [0.15, 0.2) is 6.61 Å². The van der Waals surface area contributed by atoms with Gasteiger partial charge < -0.3 is 9.15 Å². The lowest BCUT2D eigenvalue weighted by molar-refractivity contribution is -0.123. The molecule has 120 valence electrons. The second kappa shape index (κ2) is 6.69. The molecule has 0 bridgehead atoms. The van der Waals surface area contributed by atoms with E-state index < -0.39 is 0 Å². The monoisotopic (exact) mass is 312 g/mol. The van der Waals surface area contributed by atoms with Crippen LogP contribution in [0.1, 0.15) is 36.3 Å². The Labute approximate surface area is 135 Å². The number of hydrogen-bond acceptors (Lipinski definition) is 4. The zero-order valence-electron chi connectivity index (χ0n) is 13.3. The molecule has 0 spiro atoms. The summed E-state index contributed by atoms with van der Waals surface area (Å²) in [6, 6.07) is 11.4. The topological polar surface area (TPSA) is 63.8 Å². The van der Waals surface area contributed by atoms with Gasteiger partial charge in [-0.2, -0.15) is 5.10 Å². The Hall–Kier alpha value is -2.56. The smallest absolute Gasteiger partial charge is 0.277 e. The van der Waals surface area contributed by atoms with Crippen LogP contribution >= 0.6 is 0 Å². The summed E-state index contributed by atoms with van der Waals surface area (Å²) in [7, 11) is 0. The van der Waals surface area contributed by atoms with Crippen molar-refractivity contribution in [3.8, 4) is 5.75 Å². The quantitative estimate of drug-likeness (QED) is 0.658. The summed E-state index contributed by atoms with van der Waals surface area (Å²) in [6.07, 6.45) is 2.68. The number of carbonyl (C=O) groups excluding carboxylic acids is 1. The molecule has 0 saturated heterocycles. The van der Waals surface area contributed by atoms with Crippen molar-refractivity contribution in [2.45, 2.75) is 26.2 Å². The highest BCUT2D eigenvalue weighted by Gasteiger charge is 2.36. The maximum Gasteiger partial charge on any atom is 0.277 e. The molecule has 1 saturated carbocycles. The first-order valence-corrected chi connectivity index (χ1v) is 7.73. The zero-order chi connectivity index (χ0) is 16.2. The van der Waals surface area contributed by atoms with Crippen LogP contribution < -0.4 is 10.2 Å². The number of aryl methyl sites for hydroxylation is 1. The second-order valence-corrected chi connectivity index (χ2v) is 5.96. The Morgan fingerprint density at radius 3 is 3.00 bits per heavy atom. The van der Waals surface area contributed by atoms with Gasteiger partial charge in [-0.3, -0.25) is 4.79 Å². The van der Waals surface area contributed by atoms with Crippen molar-refractivity contribution in [2.75, 3.05) is 6.61 Å². The van der Waals surface area contributed by atoms with Gasteiger partial charge in [-0.1, -0.05) is 19.1 Å². The number of ether oxygens (including phenoxy) is 1. The molecule has 0 unspecified atom stereocenters. The average molecular weight is 312 g/mol. The largest absolute Gasteiger partial charge is 0.484 e. The maximum atomic E-state index is 11.7. The Morgan fingerprint density at radius 1 is 1.43 bits per heavy atom. The van der Waals surface area contributed by atoms with Gasteiger partial charge in [0, 0.05) is 5.92 Å². The van der Waals surface area contributed by atoms with Crippen molar-refractivity contribution in [1.82, 2.24) is 5.43 Å². The van der Waals surface area contributed by atoms with Gasteiger partial charge in [0.2, 0.25) is 0 Å². The van der Waals surface area contributed by atoms with E-state index in [0.29, 0.717) is 23.3 Å². The van der Waals surface area contributed by atoms with Crippen LogP contribution in [0.3, 0.4) is 0 Å². The first-order chi connectivity index (χ1) is 11.1. The molecule has 2 atom stereocenters. The fourth-order valence-electron chi connectivity index (χ4n) is 2.41. The fourth-order valence-corrected chi connectivity index (χ4v) is 2.41. The van der Waals surface area contributed by atoms with Crippen molar-refractivity contribution in [3.05, 3.63) is 53.5 Å². The predicted molar refractivity (Wildman–Crippen MR) is 87.6 cm³/mol. The van der Waals surface area contributed by atoms with E-state index in [2.05, 4.69) is 17.5 Å². The van der Waals surface area contributed by atoms with E-state index in [1.54, 1.807) is 0 Å². The number of rotatable bonds is 6. The van der Waals surface area contributed by atoms with Crippen LogP contribution in [0.25, 0.3) is 0 Å². The van der Waals surface area contributed by atoms with Crippen LogP contribution in [-0.4, -0.2) is 18.7 Å². The van der Waals surface area contributed by atoms with Gasteiger partial charge in [0.25, 0.3) is 5.91 Å². The minimum Gasteiger partial charge on any atom is -0.484 e. The van der Waals surface area contributed by atoms with E-state index in [1.807, 2.05) is 43.3 Å². The van der Waals surface area contributed by atoms with E-state index in [1.165, 1.54) is 12.6 Å². The Morgan fingerprint density at radius 2 is 2.26 bits per heavy atom. The third-order valence-corrected chi connectivity index (χ3v) is 3.86. The molecule has 0 radical (unpaired) electrons. The average Bonchev–Trinajstić information content (AvgIpc) is 3.07. The number of amides is 1. The minimum absolute atomic E-state index is 0.0796. The number of furan rings is 1. The van der Waals surface area contributed by atoms with Gasteiger partial charge in [-0.05, 0) is 49.1 Å². The van der Waals surface area contributed by atoms with Crippen molar-refractivity contribution < 1.29 is 13.9 Å². The van der Waals surface area contributed by atoms with Crippen molar-refractivity contribution in [1.29, 1.82) is 0 Å². The number of hydrogen-bond donors (Lipinski definition) is 1. The van der Waals surface area contributed by atoms with Crippen LogP contribution in [-0.2, 0) is 4.79 Å². The van der Waals surface area contributed by atoms with Crippen LogP contribution in [0.4, 0.5) is 0 Å². The Balaban J connectivity index is 1.44. The lowest BCUT2D eigenvalue weighted by atomic mass is 10.2. The molecule has 1 aromatic heterocycles. The molecule has 5 nitrogen and oxygen atoms in total. The summed E-state index contributed by atoms with van der Waals surface area (Å²) in [4.78, 5) is 11.7. The molecular formula is C18H20N2O3. The van der Waals surface area contributed by atoms with Crippen molar-refractivity contribution in [2.24, 2.45) is 11.0 Å². The fraction of sp³-hybridized carbons (Fsp3) is 0.333. The molecule has 2 aromatic rings. The molecule has 1 aliphatic carbocycles. The summed E-state index contributed by atoms with van der Waals surface area (Å²) in [5, 5.41) is 3.89. The third kappa shape index (κ3) is 4.22. The van der Waals surface area contributed by atoms with Gasteiger partial charge >= 0.3 is 0 Å². The summed E-state index contributed by atoms with van der Waals surface area (Å²) < 4.78 is 11.1. The molecule has 1 amide bonds. The maximum absolute atomic E-state index is 11.7. The highest BCUT2D eigenvalue weighted by Crippen LogP contribution is 2.47. The molecule has 5 heteroatoms. The molecule has 23 heavy (non-hydrogen) atoms. The summed E-state index contributed by atoms with van der Waals surface area (Å²) >= 11 is 0. The number of nitrogens with one attached hydrogen (secondary N) is 1. The number of nitrogens with zero attached hydrogens (tertiary/aromatic N) is 1. The van der Waals surface area contributed by atoms with Gasteiger partial charge in [0.05, 0.1) is 6.21 Å². The van der Waals surface area contributed by atoms with E-state index in [-0.39, 0.29) is 12.5 Å². The molecule has 1 fully saturated rings. The first kappa shape index (κ1) is 15.3. The number of carbonyl (C=O) groups is 1. The summed E-state index contributed by atoms with van der Waals surface area (Å²) in [5.41, 5.74) is 3.51. The molecule has 3 rings (SSSR count). The van der Waals surface area contributed by atoms with Crippen molar-refractivity contribution >= 4 is 12.1 Å². The molecule has 1 heterocycles. The van der Waals surface area contributed by atoms with Crippen LogP contribution in [0.15, 0.2) is 45.9 Å². The third-order valence-electron chi connectivity index (χ3n) is 3.86. The van der Waals surface area contributed by atoms with E-state index in [9.17, 15) is 4.79 Å². The van der Waals surface area contributed by atoms with Crippen LogP contribution in [0, 0.1) is 12.8 Å². The van der Waals surface area contributed by atoms with Crippen LogP contribution in [0.2, 0.25) is 0 Å². The molecule has 1 N–H and O–H groups in total. The lowest BCUT2D eigenvalue weighted by Crippen LogP contribution is -2.24. The molecule has 0 aliphatic heterocycles. The molecule has 1 aliphatic rings. The van der Waals surface area contributed by atoms with E-state index >= 15 is 0 Å². The first-order valence-electron chi connectivity index (χ1n) is 7.73. The van der Waals surface area contributed by atoms with Gasteiger partial charge in [-0.15, -0.1) is 0 Å². The lowest BCUT2D eigenvalue weighted by Gasteiger charge is -2.05. The molecular weight excluding hydrogens is 292 g/mol. The Bertz CT molecular complexity index is 721. The van der Waals surface area contributed by atoms with Gasteiger partial charge in [0.1, 0.15) is 17.3 Å².